The van der Waals surface area contributed by atoms with Gasteiger partial charge in [-0.05, 0) is 51.2 Å². The third-order valence-corrected chi connectivity index (χ3v) is 4.63. The summed E-state index contributed by atoms with van der Waals surface area (Å²) in [6.45, 7) is 8.00. The van der Waals surface area contributed by atoms with E-state index in [2.05, 4.69) is 12.1 Å². The van der Waals surface area contributed by atoms with E-state index in [-0.39, 0.29) is 7.85 Å². The molecule has 0 spiro atoms. The molecule has 2 N–H and O–H groups in total. The molecule has 0 saturated heterocycles. The Morgan fingerprint density at radius 1 is 0.706 bits per heavy atom. The van der Waals surface area contributed by atoms with Crippen LogP contribution in [0.5, 0.6) is 0 Å². The van der Waals surface area contributed by atoms with Gasteiger partial charge in [0.15, 0.2) is 0 Å². The van der Waals surface area contributed by atoms with E-state index in [9.17, 15) is 9.59 Å². The van der Waals surface area contributed by atoms with Crippen molar-refractivity contribution in [3.63, 3.8) is 0 Å². The second-order valence-electron chi connectivity index (χ2n) is 6.85. The van der Waals surface area contributed by atoms with Gasteiger partial charge in [-0.15, -0.1) is 0 Å². The highest BCUT2D eigenvalue weighted by Gasteiger charge is 2.00. The summed E-state index contributed by atoms with van der Waals surface area (Å²) < 4.78 is 0. The van der Waals surface area contributed by atoms with Crippen molar-refractivity contribution >= 4 is 39.6 Å². The van der Waals surface area contributed by atoms with E-state index in [1.54, 1.807) is 6.08 Å². The van der Waals surface area contributed by atoms with E-state index in [0.717, 1.165) is 28.0 Å². The van der Waals surface area contributed by atoms with E-state index in [0.29, 0.717) is 6.42 Å². The van der Waals surface area contributed by atoms with Gasteiger partial charge in [-0.1, -0.05) is 107 Å². The fraction of sp³-hybridized carbons (Fsp3) is 0.200. The number of benzene rings is 4. The first-order valence-corrected chi connectivity index (χ1v) is 11.6. The number of rotatable bonds is 5. The van der Waals surface area contributed by atoms with Crippen LogP contribution in [-0.4, -0.2) is 22.2 Å². The lowest BCUT2D eigenvalue weighted by Crippen LogP contribution is -1.97. The molecule has 0 aliphatic heterocycles. The largest absolute Gasteiger partial charge is 0.481 e. The predicted molar refractivity (Wildman–Crippen MR) is 145 cm³/mol. The summed E-state index contributed by atoms with van der Waals surface area (Å²) >= 11 is 0. The van der Waals surface area contributed by atoms with E-state index < -0.39 is 11.9 Å². The summed E-state index contributed by atoms with van der Waals surface area (Å²) in [6, 6.07) is 28.0. The number of aliphatic carboxylic acids is 2. The SMILES string of the molecule is CC.CC.O=C(O)/C=C/c1ccc2ccccc2c1.O=C(O)CCc1ccc2ccccc2c1.[HH]. The minimum Gasteiger partial charge on any atom is -0.481 e. The maximum absolute atomic E-state index is 10.4. The Bertz CT molecular complexity index is 1220. The van der Waals surface area contributed by atoms with Gasteiger partial charge in [-0.2, -0.15) is 0 Å². The lowest BCUT2D eigenvalue weighted by Gasteiger charge is -2.01. The van der Waals surface area contributed by atoms with Crippen LogP contribution in [-0.2, 0) is 16.0 Å². The van der Waals surface area contributed by atoms with Crippen molar-refractivity contribution in [1.82, 2.24) is 0 Å². The molecule has 4 heteroatoms. The van der Waals surface area contributed by atoms with Crippen LogP contribution in [0.1, 0.15) is 46.7 Å². The Hall–Kier alpha value is -3.92. The zero-order chi connectivity index (χ0) is 25.3. The molecule has 0 aliphatic carbocycles. The third-order valence-electron chi connectivity index (χ3n) is 4.63. The molecule has 0 bridgehead atoms. The van der Waals surface area contributed by atoms with Gasteiger partial charge < -0.3 is 10.2 Å². The van der Waals surface area contributed by atoms with Crippen LogP contribution in [0.25, 0.3) is 27.6 Å². The van der Waals surface area contributed by atoms with Crippen molar-refractivity contribution < 1.29 is 21.2 Å². The van der Waals surface area contributed by atoms with Gasteiger partial charge in [0, 0.05) is 13.9 Å². The minimum absolute atomic E-state index is 0. The molecule has 0 aliphatic rings. The Balaban J connectivity index is 0.000000565. The minimum atomic E-state index is -0.928. The summed E-state index contributed by atoms with van der Waals surface area (Å²) in [5.41, 5.74) is 1.98. The zero-order valence-electron chi connectivity index (χ0n) is 20.4. The molecule has 0 radical (unpaired) electrons. The number of carboxylic acid groups (broad SMARTS) is 2. The molecule has 0 fully saturated rings. The van der Waals surface area contributed by atoms with Gasteiger partial charge in [0.2, 0.25) is 0 Å². The average Bonchev–Trinajstić information content (AvgIpc) is 2.88. The fourth-order valence-corrected chi connectivity index (χ4v) is 3.12. The highest BCUT2D eigenvalue weighted by atomic mass is 16.4. The molecule has 34 heavy (non-hydrogen) atoms. The maximum atomic E-state index is 10.4. The van der Waals surface area contributed by atoms with Crippen molar-refractivity contribution in [3.8, 4) is 0 Å². The summed E-state index contributed by atoms with van der Waals surface area (Å²) in [5.74, 6) is -1.67. The van der Waals surface area contributed by atoms with E-state index >= 15 is 0 Å². The van der Waals surface area contributed by atoms with Gasteiger partial charge in [-0.3, -0.25) is 4.79 Å². The van der Waals surface area contributed by atoms with Crippen LogP contribution < -0.4 is 0 Å². The van der Waals surface area contributed by atoms with Gasteiger partial charge in [0.05, 0.1) is 0 Å². The molecular weight excluding hydrogens is 424 g/mol. The van der Waals surface area contributed by atoms with E-state index in [4.69, 9.17) is 10.2 Å². The van der Waals surface area contributed by atoms with Crippen molar-refractivity contribution in [1.29, 1.82) is 0 Å². The molecule has 0 atom stereocenters. The Labute approximate surface area is 203 Å². The van der Waals surface area contributed by atoms with Gasteiger partial charge in [0.1, 0.15) is 0 Å². The predicted octanol–water partition coefficient (Wildman–Crippen LogP) is 8.09. The van der Waals surface area contributed by atoms with Gasteiger partial charge in [0.25, 0.3) is 0 Å². The second kappa shape index (κ2) is 15.8. The fourth-order valence-electron chi connectivity index (χ4n) is 3.12. The first-order valence-electron chi connectivity index (χ1n) is 11.6. The highest BCUT2D eigenvalue weighted by molar-refractivity contribution is 5.88. The molecular formula is C30H36O4. The van der Waals surface area contributed by atoms with Crippen molar-refractivity contribution in [2.75, 3.05) is 0 Å². The molecule has 180 valence electrons. The Morgan fingerprint density at radius 3 is 1.74 bits per heavy atom. The lowest BCUT2D eigenvalue weighted by atomic mass is 10.0. The number of carbonyl (C=O) groups is 2. The van der Waals surface area contributed by atoms with E-state index in [1.807, 2.05) is 100 Å². The number of aryl methyl sites for hydroxylation is 1. The van der Waals surface area contributed by atoms with Crippen LogP contribution in [0, 0.1) is 0 Å². The number of hydrogen-bond donors (Lipinski definition) is 2. The van der Waals surface area contributed by atoms with Crippen LogP contribution in [0.3, 0.4) is 0 Å². The zero-order valence-corrected chi connectivity index (χ0v) is 20.4. The molecule has 4 nitrogen and oxygen atoms in total. The maximum Gasteiger partial charge on any atom is 0.328 e. The van der Waals surface area contributed by atoms with Crippen LogP contribution >= 0.6 is 0 Å². The van der Waals surface area contributed by atoms with Crippen LogP contribution in [0.4, 0.5) is 0 Å². The molecule has 4 aromatic rings. The van der Waals surface area contributed by atoms with Crippen molar-refractivity contribution in [2.45, 2.75) is 40.5 Å². The summed E-state index contributed by atoms with van der Waals surface area (Å²) in [7, 11) is 0. The third kappa shape index (κ3) is 9.70. The number of fused-ring (bicyclic) bond motifs is 2. The molecule has 4 aromatic carbocycles. The molecule has 4 rings (SSSR count). The van der Waals surface area contributed by atoms with E-state index in [1.165, 1.54) is 10.8 Å². The molecule has 0 amide bonds. The second-order valence-corrected chi connectivity index (χ2v) is 6.85. The molecule has 0 unspecified atom stereocenters. The summed E-state index contributed by atoms with van der Waals surface area (Å²) in [6.07, 6.45) is 3.53. The Kier molecular flexibility index (Phi) is 13.1. The van der Waals surface area contributed by atoms with Crippen LogP contribution in [0.2, 0.25) is 0 Å². The number of hydrogen-bond acceptors (Lipinski definition) is 2. The lowest BCUT2D eigenvalue weighted by molar-refractivity contribution is -0.137. The average molecular weight is 461 g/mol. The van der Waals surface area contributed by atoms with Crippen molar-refractivity contribution in [3.05, 3.63) is 102 Å². The normalized spacial score (nSPS) is 9.76. The smallest absolute Gasteiger partial charge is 0.328 e. The summed E-state index contributed by atoms with van der Waals surface area (Å²) in [4.78, 5) is 20.8. The molecule has 0 heterocycles. The first kappa shape index (κ1) is 28.1. The molecule has 0 aromatic heterocycles. The topological polar surface area (TPSA) is 74.6 Å². The number of carboxylic acids is 2. The highest BCUT2D eigenvalue weighted by Crippen LogP contribution is 2.17. The molecule has 0 saturated carbocycles. The quantitative estimate of drug-likeness (QED) is 0.295. The van der Waals surface area contributed by atoms with Gasteiger partial charge >= 0.3 is 11.9 Å². The van der Waals surface area contributed by atoms with Gasteiger partial charge in [-0.25, -0.2) is 4.79 Å². The summed E-state index contributed by atoms with van der Waals surface area (Å²) in [5, 5.41) is 21.7. The van der Waals surface area contributed by atoms with Crippen molar-refractivity contribution in [2.24, 2.45) is 0 Å². The monoisotopic (exact) mass is 460 g/mol. The van der Waals surface area contributed by atoms with Crippen LogP contribution in [0.15, 0.2) is 91.0 Å². The first-order chi connectivity index (χ1) is 16.5. The standard InChI is InChI=1S/C13H12O2.C13H10O2.2C2H6.H2/c2*14-13(15)8-6-10-5-7-11-3-1-2-4-12(11)9-10;2*1-2;/h1-5,7,9H,6,8H2,(H,14,15);1-9H,(H,14,15);2*1-2H3;1H/b;8-6+;;;. The Morgan fingerprint density at radius 2 is 1.21 bits per heavy atom.